The Morgan fingerprint density at radius 3 is 2.36 bits per heavy atom. The van der Waals surface area contributed by atoms with E-state index in [0.717, 1.165) is 31.6 Å². The van der Waals surface area contributed by atoms with Crippen LogP contribution in [-0.2, 0) is 0 Å². The third-order valence-electron chi connectivity index (χ3n) is 3.82. The van der Waals surface area contributed by atoms with Gasteiger partial charge in [-0.1, -0.05) is 0 Å². The SMILES string of the molecule is CN[C@H]1CC[C@@H](N2CC[C@H](O)C2)CC1. The third kappa shape index (κ3) is 2.27. The second kappa shape index (κ2) is 4.60. The van der Waals surface area contributed by atoms with E-state index in [-0.39, 0.29) is 6.10 Å². The molecule has 3 heteroatoms. The van der Waals surface area contributed by atoms with Gasteiger partial charge in [-0.05, 0) is 39.2 Å². The topological polar surface area (TPSA) is 35.5 Å². The Balaban J connectivity index is 1.78. The monoisotopic (exact) mass is 198 g/mol. The van der Waals surface area contributed by atoms with Crippen molar-refractivity contribution in [1.29, 1.82) is 0 Å². The van der Waals surface area contributed by atoms with Crippen LogP contribution in [-0.4, -0.2) is 48.3 Å². The van der Waals surface area contributed by atoms with E-state index in [4.69, 9.17) is 0 Å². The second-order valence-electron chi connectivity index (χ2n) is 4.73. The first-order valence-electron chi connectivity index (χ1n) is 5.89. The van der Waals surface area contributed by atoms with Crippen LogP contribution in [0.2, 0.25) is 0 Å². The van der Waals surface area contributed by atoms with Gasteiger partial charge in [0.15, 0.2) is 0 Å². The summed E-state index contributed by atoms with van der Waals surface area (Å²) in [5.74, 6) is 0. The highest BCUT2D eigenvalue weighted by molar-refractivity contribution is 4.86. The van der Waals surface area contributed by atoms with Gasteiger partial charge in [0.1, 0.15) is 0 Å². The van der Waals surface area contributed by atoms with Gasteiger partial charge in [-0.15, -0.1) is 0 Å². The van der Waals surface area contributed by atoms with Gasteiger partial charge in [-0.3, -0.25) is 4.90 Å². The lowest BCUT2D eigenvalue weighted by Gasteiger charge is -2.34. The summed E-state index contributed by atoms with van der Waals surface area (Å²) in [7, 11) is 2.06. The molecule has 0 unspecified atom stereocenters. The number of hydrogen-bond acceptors (Lipinski definition) is 3. The first-order chi connectivity index (χ1) is 6.79. The molecule has 1 saturated carbocycles. The molecule has 0 spiro atoms. The number of β-amino-alcohol motifs (C(OH)–C–C–N with tert-alkyl or cyclic N) is 1. The van der Waals surface area contributed by atoms with Crippen molar-refractivity contribution in [1.82, 2.24) is 10.2 Å². The summed E-state index contributed by atoms with van der Waals surface area (Å²) in [6, 6.07) is 1.48. The molecule has 2 rings (SSSR count). The van der Waals surface area contributed by atoms with Crippen molar-refractivity contribution < 1.29 is 5.11 Å². The Morgan fingerprint density at radius 1 is 1.14 bits per heavy atom. The molecule has 1 aliphatic heterocycles. The fourth-order valence-corrected chi connectivity index (χ4v) is 2.83. The van der Waals surface area contributed by atoms with Gasteiger partial charge in [0.05, 0.1) is 6.10 Å². The van der Waals surface area contributed by atoms with Crippen LogP contribution in [0.25, 0.3) is 0 Å². The normalized spacial score (nSPS) is 40.3. The Hall–Kier alpha value is -0.120. The summed E-state index contributed by atoms with van der Waals surface area (Å²) in [5.41, 5.74) is 0. The average Bonchev–Trinajstić information content (AvgIpc) is 2.65. The van der Waals surface area contributed by atoms with Crippen LogP contribution in [0.5, 0.6) is 0 Å². The highest BCUT2D eigenvalue weighted by Crippen LogP contribution is 2.25. The smallest absolute Gasteiger partial charge is 0.0679 e. The summed E-state index contributed by atoms with van der Waals surface area (Å²) in [6.07, 6.45) is 6.13. The van der Waals surface area contributed by atoms with Crippen molar-refractivity contribution in [2.24, 2.45) is 0 Å². The number of aliphatic hydroxyl groups excluding tert-OH is 1. The van der Waals surface area contributed by atoms with E-state index in [1.54, 1.807) is 0 Å². The van der Waals surface area contributed by atoms with Gasteiger partial charge < -0.3 is 10.4 Å². The summed E-state index contributed by atoms with van der Waals surface area (Å²) in [4.78, 5) is 2.48. The molecule has 14 heavy (non-hydrogen) atoms. The van der Waals surface area contributed by atoms with E-state index in [2.05, 4.69) is 17.3 Å². The summed E-state index contributed by atoms with van der Waals surface area (Å²) in [6.45, 7) is 2.02. The van der Waals surface area contributed by atoms with Gasteiger partial charge in [0.2, 0.25) is 0 Å². The Labute approximate surface area is 86.5 Å². The molecule has 1 aliphatic carbocycles. The standard InChI is InChI=1S/C11H22N2O/c1-12-9-2-4-10(5-3-9)13-7-6-11(14)8-13/h9-12,14H,2-8H2,1H3/t9-,10+,11-/m0/s1. The molecule has 0 amide bonds. The van der Waals surface area contributed by atoms with E-state index >= 15 is 0 Å². The first kappa shape index (κ1) is 10.4. The van der Waals surface area contributed by atoms with Gasteiger partial charge in [0.25, 0.3) is 0 Å². The summed E-state index contributed by atoms with van der Waals surface area (Å²) < 4.78 is 0. The molecule has 2 fully saturated rings. The molecule has 3 nitrogen and oxygen atoms in total. The number of likely N-dealkylation sites (tertiary alicyclic amines) is 1. The molecule has 0 bridgehead atoms. The Morgan fingerprint density at radius 2 is 1.86 bits per heavy atom. The number of rotatable bonds is 2. The molecule has 0 aromatic rings. The number of nitrogens with one attached hydrogen (secondary N) is 1. The Kier molecular flexibility index (Phi) is 3.42. The van der Waals surface area contributed by atoms with Crippen molar-refractivity contribution in [2.45, 2.75) is 50.3 Å². The number of aliphatic hydroxyl groups is 1. The van der Waals surface area contributed by atoms with Gasteiger partial charge in [-0.2, -0.15) is 0 Å². The quantitative estimate of drug-likeness (QED) is 0.681. The molecule has 0 radical (unpaired) electrons. The fraction of sp³-hybridized carbons (Fsp3) is 1.00. The number of hydrogen-bond donors (Lipinski definition) is 2. The zero-order chi connectivity index (χ0) is 9.97. The minimum absolute atomic E-state index is 0.0583. The molecule has 1 atom stereocenters. The minimum atomic E-state index is -0.0583. The first-order valence-corrected chi connectivity index (χ1v) is 5.89. The van der Waals surface area contributed by atoms with E-state index in [0.29, 0.717) is 0 Å². The molecule has 1 heterocycles. The van der Waals surface area contributed by atoms with Crippen molar-refractivity contribution in [3.05, 3.63) is 0 Å². The Bertz CT molecular complexity index is 178. The highest BCUT2D eigenvalue weighted by Gasteiger charge is 2.29. The second-order valence-corrected chi connectivity index (χ2v) is 4.73. The minimum Gasteiger partial charge on any atom is -0.392 e. The molecule has 0 aromatic carbocycles. The van der Waals surface area contributed by atoms with Gasteiger partial charge >= 0.3 is 0 Å². The predicted octanol–water partition coefficient (Wildman–Crippen LogP) is 0.584. The van der Waals surface area contributed by atoms with Crippen molar-refractivity contribution >= 4 is 0 Å². The molecular weight excluding hydrogens is 176 g/mol. The lowest BCUT2D eigenvalue weighted by molar-refractivity contribution is 0.136. The van der Waals surface area contributed by atoms with E-state index < -0.39 is 0 Å². The van der Waals surface area contributed by atoms with Crippen LogP contribution in [0.15, 0.2) is 0 Å². The van der Waals surface area contributed by atoms with Crippen molar-refractivity contribution in [3.63, 3.8) is 0 Å². The van der Waals surface area contributed by atoms with E-state index in [1.807, 2.05) is 0 Å². The number of nitrogens with zero attached hydrogens (tertiary/aromatic N) is 1. The van der Waals surface area contributed by atoms with Crippen LogP contribution < -0.4 is 5.32 Å². The summed E-state index contributed by atoms with van der Waals surface area (Å²) in [5, 5.41) is 12.8. The van der Waals surface area contributed by atoms with Gasteiger partial charge in [0, 0.05) is 25.2 Å². The molecule has 2 aliphatic rings. The van der Waals surface area contributed by atoms with Crippen LogP contribution in [0, 0.1) is 0 Å². The maximum absolute atomic E-state index is 9.47. The van der Waals surface area contributed by atoms with Crippen molar-refractivity contribution in [3.8, 4) is 0 Å². The third-order valence-corrected chi connectivity index (χ3v) is 3.82. The highest BCUT2D eigenvalue weighted by atomic mass is 16.3. The zero-order valence-corrected chi connectivity index (χ0v) is 9.08. The fourth-order valence-electron chi connectivity index (χ4n) is 2.83. The summed E-state index contributed by atoms with van der Waals surface area (Å²) >= 11 is 0. The molecule has 82 valence electrons. The van der Waals surface area contributed by atoms with Gasteiger partial charge in [-0.25, -0.2) is 0 Å². The predicted molar refractivity (Wildman–Crippen MR) is 57.3 cm³/mol. The van der Waals surface area contributed by atoms with Crippen LogP contribution >= 0.6 is 0 Å². The maximum atomic E-state index is 9.47. The molecule has 1 saturated heterocycles. The van der Waals surface area contributed by atoms with Crippen LogP contribution in [0.3, 0.4) is 0 Å². The molecule has 2 N–H and O–H groups in total. The van der Waals surface area contributed by atoms with Crippen LogP contribution in [0.1, 0.15) is 32.1 Å². The van der Waals surface area contributed by atoms with Crippen LogP contribution in [0.4, 0.5) is 0 Å². The lowest BCUT2D eigenvalue weighted by atomic mass is 9.90. The largest absolute Gasteiger partial charge is 0.392 e. The maximum Gasteiger partial charge on any atom is 0.0679 e. The average molecular weight is 198 g/mol. The van der Waals surface area contributed by atoms with E-state index in [9.17, 15) is 5.11 Å². The molecule has 0 aromatic heterocycles. The van der Waals surface area contributed by atoms with E-state index in [1.165, 1.54) is 25.7 Å². The zero-order valence-electron chi connectivity index (χ0n) is 9.08. The van der Waals surface area contributed by atoms with Crippen molar-refractivity contribution in [2.75, 3.05) is 20.1 Å². The molecular formula is C11H22N2O. The lowest BCUT2D eigenvalue weighted by Crippen LogP contribution is -2.40.